The minimum absolute atomic E-state index is 0.112. The number of aromatic amines is 1. The second-order valence-corrected chi connectivity index (χ2v) is 8.52. The van der Waals surface area contributed by atoms with E-state index in [1.54, 1.807) is 18.7 Å². The summed E-state index contributed by atoms with van der Waals surface area (Å²) in [7, 11) is 0. The summed E-state index contributed by atoms with van der Waals surface area (Å²) in [6.45, 7) is 4.65. The Morgan fingerprint density at radius 2 is 1.93 bits per heavy atom. The fourth-order valence-corrected chi connectivity index (χ4v) is 3.90. The van der Waals surface area contributed by atoms with Gasteiger partial charge in [-0.3, -0.25) is 9.89 Å². The van der Waals surface area contributed by atoms with Crippen molar-refractivity contribution in [3.63, 3.8) is 0 Å². The van der Waals surface area contributed by atoms with Crippen molar-refractivity contribution in [3.8, 4) is 11.3 Å². The van der Waals surface area contributed by atoms with Crippen LogP contribution < -0.4 is 0 Å². The molecule has 5 nitrogen and oxygen atoms in total. The standard InChI is InChI=1S/C20H23ClF3N3O2/c1-19(2,29)11-12-5-7-27(8-6-12)18(28)17-10-16(25-26-17)14-9-13(20(22,23)24)3-4-15(14)21/h3-4,9-10,12,29H,5-8,11H2,1-2H3,(H,25,26). The number of amides is 1. The molecule has 1 amide bonds. The molecule has 0 spiro atoms. The van der Waals surface area contributed by atoms with Crippen molar-refractivity contribution >= 4 is 17.5 Å². The topological polar surface area (TPSA) is 69.2 Å². The van der Waals surface area contributed by atoms with E-state index in [1.165, 1.54) is 12.1 Å². The Balaban J connectivity index is 1.72. The molecule has 0 bridgehead atoms. The van der Waals surface area contributed by atoms with E-state index in [-0.39, 0.29) is 27.9 Å². The molecule has 0 radical (unpaired) electrons. The predicted molar refractivity (Wildman–Crippen MR) is 104 cm³/mol. The van der Waals surface area contributed by atoms with Crippen molar-refractivity contribution < 1.29 is 23.1 Å². The average molecular weight is 430 g/mol. The van der Waals surface area contributed by atoms with Gasteiger partial charge in [-0.25, -0.2) is 0 Å². The summed E-state index contributed by atoms with van der Waals surface area (Å²) >= 11 is 6.05. The van der Waals surface area contributed by atoms with Gasteiger partial charge in [-0.05, 0) is 63.3 Å². The molecule has 0 saturated carbocycles. The maximum atomic E-state index is 13.0. The number of carbonyl (C=O) groups excluding carboxylic acids is 1. The number of hydrogen-bond donors (Lipinski definition) is 2. The minimum atomic E-state index is -4.50. The van der Waals surface area contributed by atoms with E-state index < -0.39 is 17.3 Å². The summed E-state index contributed by atoms with van der Waals surface area (Å²) in [6, 6.07) is 4.42. The lowest BCUT2D eigenvalue weighted by Crippen LogP contribution is -2.40. The van der Waals surface area contributed by atoms with Crippen LogP contribution in [0.25, 0.3) is 11.3 Å². The number of H-pyrrole nitrogens is 1. The lowest BCUT2D eigenvalue weighted by atomic mass is 9.86. The van der Waals surface area contributed by atoms with E-state index in [0.717, 1.165) is 25.0 Å². The summed E-state index contributed by atoms with van der Waals surface area (Å²) < 4.78 is 38.9. The molecule has 9 heteroatoms. The van der Waals surface area contributed by atoms with E-state index >= 15 is 0 Å². The molecule has 2 heterocycles. The molecule has 0 atom stereocenters. The zero-order valence-corrected chi connectivity index (χ0v) is 16.9. The van der Waals surface area contributed by atoms with Gasteiger partial charge in [0.1, 0.15) is 5.69 Å². The molecule has 0 aliphatic carbocycles. The molecule has 2 N–H and O–H groups in total. The molecule has 1 aromatic carbocycles. The lowest BCUT2D eigenvalue weighted by Gasteiger charge is -2.34. The van der Waals surface area contributed by atoms with E-state index in [1.807, 2.05) is 0 Å². The molecule has 158 valence electrons. The normalized spacial score (nSPS) is 16.3. The highest BCUT2D eigenvalue weighted by Gasteiger charge is 2.32. The molecule has 1 aromatic heterocycles. The predicted octanol–water partition coefficient (Wildman–Crippen LogP) is 4.76. The van der Waals surface area contributed by atoms with Crippen LogP contribution in [0.5, 0.6) is 0 Å². The van der Waals surface area contributed by atoms with Gasteiger partial charge in [0, 0.05) is 18.7 Å². The fourth-order valence-electron chi connectivity index (χ4n) is 3.68. The van der Waals surface area contributed by atoms with Crippen LogP contribution in [0.1, 0.15) is 49.2 Å². The molecular formula is C20H23ClF3N3O2. The third-order valence-corrected chi connectivity index (χ3v) is 5.40. The number of likely N-dealkylation sites (tertiary alicyclic amines) is 1. The number of aromatic nitrogens is 2. The summed E-state index contributed by atoms with van der Waals surface area (Å²) in [5, 5.41) is 16.7. The SMILES string of the molecule is CC(C)(O)CC1CCN(C(=O)c2cc(-c3cc(C(F)(F)F)ccc3Cl)n[nH]2)CC1. The number of nitrogens with zero attached hydrogens (tertiary/aromatic N) is 2. The molecule has 3 rings (SSSR count). The van der Waals surface area contributed by atoms with Crippen LogP contribution in [-0.2, 0) is 6.18 Å². The van der Waals surface area contributed by atoms with Crippen molar-refractivity contribution in [2.75, 3.05) is 13.1 Å². The molecule has 1 fully saturated rings. The van der Waals surface area contributed by atoms with E-state index in [9.17, 15) is 23.1 Å². The highest BCUT2D eigenvalue weighted by atomic mass is 35.5. The van der Waals surface area contributed by atoms with Crippen LogP contribution in [-0.4, -0.2) is 44.8 Å². The first kappa shape index (κ1) is 21.6. The Kier molecular flexibility index (Phi) is 5.96. The lowest BCUT2D eigenvalue weighted by molar-refractivity contribution is -0.137. The van der Waals surface area contributed by atoms with Crippen LogP contribution in [0, 0.1) is 5.92 Å². The first-order chi connectivity index (χ1) is 13.4. The fraction of sp³-hybridized carbons (Fsp3) is 0.500. The smallest absolute Gasteiger partial charge is 0.390 e. The highest BCUT2D eigenvalue weighted by molar-refractivity contribution is 6.33. The third-order valence-electron chi connectivity index (χ3n) is 5.07. The van der Waals surface area contributed by atoms with Crippen molar-refractivity contribution in [1.82, 2.24) is 15.1 Å². The third kappa shape index (κ3) is 5.30. The molecule has 1 aliphatic heterocycles. The van der Waals surface area contributed by atoms with E-state index in [4.69, 9.17) is 11.6 Å². The number of rotatable bonds is 4. The second kappa shape index (κ2) is 7.99. The van der Waals surface area contributed by atoms with E-state index in [0.29, 0.717) is 25.4 Å². The van der Waals surface area contributed by atoms with Gasteiger partial charge < -0.3 is 10.0 Å². The zero-order valence-electron chi connectivity index (χ0n) is 16.2. The zero-order chi connectivity index (χ0) is 21.4. The van der Waals surface area contributed by atoms with Crippen LogP contribution >= 0.6 is 11.6 Å². The first-order valence-electron chi connectivity index (χ1n) is 9.38. The molecule has 1 aliphatic rings. The quantitative estimate of drug-likeness (QED) is 0.736. The molecule has 2 aromatic rings. The number of nitrogens with one attached hydrogen (secondary N) is 1. The van der Waals surface area contributed by atoms with Crippen molar-refractivity contribution in [2.24, 2.45) is 5.92 Å². The van der Waals surface area contributed by atoms with Crippen molar-refractivity contribution in [2.45, 2.75) is 44.9 Å². The van der Waals surface area contributed by atoms with Crippen LogP contribution in [0.3, 0.4) is 0 Å². The van der Waals surface area contributed by atoms with Crippen molar-refractivity contribution in [3.05, 3.63) is 40.5 Å². The second-order valence-electron chi connectivity index (χ2n) is 8.11. The van der Waals surface area contributed by atoms with E-state index in [2.05, 4.69) is 10.2 Å². The van der Waals surface area contributed by atoms with Gasteiger partial charge in [-0.1, -0.05) is 11.6 Å². The highest BCUT2D eigenvalue weighted by Crippen LogP contribution is 2.35. The number of carbonyl (C=O) groups is 1. The maximum Gasteiger partial charge on any atom is 0.416 e. The van der Waals surface area contributed by atoms with Crippen molar-refractivity contribution in [1.29, 1.82) is 0 Å². The molecule has 29 heavy (non-hydrogen) atoms. The summed E-state index contributed by atoms with van der Waals surface area (Å²) in [6.07, 6.45) is -2.24. The monoisotopic (exact) mass is 429 g/mol. The summed E-state index contributed by atoms with van der Waals surface area (Å²) in [5.41, 5.74) is -1.07. The molecular weight excluding hydrogens is 407 g/mol. The number of benzene rings is 1. The Labute approximate surface area is 171 Å². The van der Waals surface area contributed by atoms with Crippen LogP contribution in [0.2, 0.25) is 5.02 Å². The van der Waals surface area contributed by atoms with Gasteiger partial charge >= 0.3 is 6.18 Å². The van der Waals surface area contributed by atoms with Gasteiger partial charge in [0.05, 0.1) is 21.9 Å². The number of halogens is 4. The number of alkyl halides is 3. The first-order valence-corrected chi connectivity index (χ1v) is 9.76. The molecule has 0 unspecified atom stereocenters. The van der Waals surface area contributed by atoms with Gasteiger partial charge in [0.2, 0.25) is 0 Å². The van der Waals surface area contributed by atoms with Crippen LogP contribution in [0.4, 0.5) is 13.2 Å². The Morgan fingerprint density at radius 1 is 1.28 bits per heavy atom. The summed E-state index contributed by atoms with van der Waals surface area (Å²) in [4.78, 5) is 14.4. The van der Waals surface area contributed by atoms with Gasteiger partial charge in [0.25, 0.3) is 5.91 Å². The summed E-state index contributed by atoms with van der Waals surface area (Å²) in [5.74, 6) is 0.0915. The Morgan fingerprint density at radius 3 is 2.52 bits per heavy atom. The van der Waals surface area contributed by atoms with Gasteiger partial charge in [-0.15, -0.1) is 0 Å². The number of aliphatic hydroxyl groups is 1. The van der Waals surface area contributed by atoms with Gasteiger partial charge in [-0.2, -0.15) is 18.3 Å². The minimum Gasteiger partial charge on any atom is -0.390 e. The van der Waals surface area contributed by atoms with Crippen LogP contribution in [0.15, 0.2) is 24.3 Å². The number of hydrogen-bond acceptors (Lipinski definition) is 3. The van der Waals surface area contributed by atoms with Gasteiger partial charge in [0.15, 0.2) is 0 Å². The molecule has 1 saturated heterocycles. The Hall–Kier alpha value is -2.06. The largest absolute Gasteiger partial charge is 0.416 e. The maximum absolute atomic E-state index is 13.0. The average Bonchev–Trinajstić information content (AvgIpc) is 3.09. The Bertz CT molecular complexity index is 882. The number of piperidine rings is 1.